The summed E-state index contributed by atoms with van der Waals surface area (Å²) in [6.45, 7) is 0. The first-order valence-corrected chi connectivity index (χ1v) is 5.58. The van der Waals surface area contributed by atoms with Crippen LogP contribution >= 0.6 is 22.6 Å². The topological polar surface area (TPSA) is 25.0 Å². The maximum atomic E-state index is 5.25. The van der Waals surface area contributed by atoms with Crippen LogP contribution in [0.25, 0.3) is 10.9 Å². The van der Waals surface area contributed by atoms with Gasteiger partial charge in [0, 0.05) is 16.0 Å². The summed E-state index contributed by atoms with van der Waals surface area (Å²) in [5.74, 6) is 0.911. The molecule has 3 heteroatoms. The van der Waals surface area contributed by atoms with E-state index in [1.807, 2.05) is 18.3 Å². The summed E-state index contributed by atoms with van der Waals surface area (Å²) in [7, 11) is 1.69. The number of H-pyrrole nitrogens is 1. The standard InChI is InChI=1S/C10H10INO/c1-13-9-4-2-3-8-7(5-11)6-12-10(8)9/h2-4,6,12H,5H2,1H3. The fourth-order valence-corrected chi connectivity index (χ4v) is 2.10. The van der Waals surface area contributed by atoms with Crippen LogP contribution in [0.3, 0.4) is 0 Å². The third-order valence-corrected chi connectivity index (χ3v) is 2.95. The number of hydrogen-bond acceptors (Lipinski definition) is 1. The molecule has 2 rings (SSSR count). The third-order valence-electron chi connectivity index (χ3n) is 2.13. The van der Waals surface area contributed by atoms with Crippen molar-refractivity contribution < 1.29 is 4.74 Å². The van der Waals surface area contributed by atoms with Crippen LogP contribution in [0.15, 0.2) is 24.4 Å². The van der Waals surface area contributed by atoms with Crippen LogP contribution in [0.2, 0.25) is 0 Å². The van der Waals surface area contributed by atoms with Crippen molar-refractivity contribution in [1.29, 1.82) is 0 Å². The van der Waals surface area contributed by atoms with Gasteiger partial charge in [-0.05, 0) is 11.6 Å². The molecule has 0 spiro atoms. The second-order valence-corrected chi connectivity index (χ2v) is 3.59. The van der Waals surface area contributed by atoms with Crippen molar-refractivity contribution in [3.05, 3.63) is 30.0 Å². The maximum absolute atomic E-state index is 5.25. The number of methoxy groups -OCH3 is 1. The van der Waals surface area contributed by atoms with E-state index < -0.39 is 0 Å². The predicted molar refractivity (Wildman–Crippen MR) is 62.6 cm³/mol. The molecule has 0 saturated carbocycles. The van der Waals surface area contributed by atoms with Crippen LogP contribution < -0.4 is 4.74 Å². The Morgan fingerprint density at radius 3 is 3.00 bits per heavy atom. The zero-order valence-electron chi connectivity index (χ0n) is 7.30. The number of aromatic amines is 1. The molecule has 1 aromatic carbocycles. The smallest absolute Gasteiger partial charge is 0.142 e. The Morgan fingerprint density at radius 2 is 2.31 bits per heavy atom. The van der Waals surface area contributed by atoms with Crippen molar-refractivity contribution >= 4 is 33.5 Å². The molecule has 13 heavy (non-hydrogen) atoms. The average Bonchev–Trinajstić information content (AvgIpc) is 2.60. The lowest BCUT2D eigenvalue weighted by Gasteiger charge is -2.00. The zero-order chi connectivity index (χ0) is 9.26. The highest BCUT2D eigenvalue weighted by atomic mass is 127. The minimum absolute atomic E-state index is 0.911. The maximum Gasteiger partial charge on any atom is 0.142 e. The summed E-state index contributed by atoms with van der Waals surface area (Å²) in [6, 6.07) is 6.10. The highest BCUT2D eigenvalue weighted by molar-refractivity contribution is 14.1. The molecule has 0 unspecified atom stereocenters. The average molecular weight is 287 g/mol. The second-order valence-electron chi connectivity index (χ2n) is 2.83. The van der Waals surface area contributed by atoms with E-state index in [0.717, 1.165) is 15.7 Å². The van der Waals surface area contributed by atoms with Gasteiger partial charge in [-0.15, -0.1) is 0 Å². The Balaban J connectivity index is 2.72. The molecule has 0 fully saturated rings. The highest BCUT2D eigenvalue weighted by Gasteiger charge is 2.05. The molecule has 0 aliphatic rings. The monoisotopic (exact) mass is 287 g/mol. The lowest BCUT2D eigenvalue weighted by molar-refractivity contribution is 0.419. The van der Waals surface area contributed by atoms with Crippen LogP contribution in [0, 0.1) is 0 Å². The van der Waals surface area contributed by atoms with Crippen molar-refractivity contribution in [2.45, 2.75) is 4.43 Å². The Hall–Kier alpha value is -0.710. The third kappa shape index (κ3) is 1.41. The number of alkyl halides is 1. The molecular weight excluding hydrogens is 277 g/mol. The Bertz CT molecular complexity index is 422. The van der Waals surface area contributed by atoms with Crippen LogP contribution in [0.1, 0.15) is 5.56 Å². The number of benzene rings is 1. The van der Waals surface area contributed by atoms with E-state index in [4.69, 9.17) is 4.74 Å². The Kier molecular flexibility index (Phi) is 2.44. The van der Waals surface area contributed by atoms with Gasteiger partial charge in [-0.25, -0.2) is 0 Å². The van der Waals surface area contributed by atoms with E-state index in [-0.39, 0.29) is 0 Å². The lowest BCUT2D eigenvalue weighted by atomic mass is 10.2. The van der Waals surface area contributed by atoms with Crippen molar-refractivity contribution in [2.75, 3.05) is 7.11 Å². The summed E-state index contributed by atoms with van der Waals surface area (Å²) in [6.07, 6.45) is 2.04. The normalized spacial score (nSPS) is 10.6. The molecule has 0 aliphatic carbocycles. The zero-order valence-corrected chi connectivity index (χ0v) is 9.46. The first-order chi connectivity index (χ1) is 6.36. The van der Waals surface area contributed by atoms with Crippen LogP contribution in [-0.4, -0.2) is 12.1 Å². The van der Waals surface area contributed by atoms with E-state index >= 15 is 0 Å². The summed E-state index contributed by atoms with van der Waals surface area (Å²) >= 11 is 2.36. The van der Waals surface area contributed by atoms with Gasteiger partial charge in [0.05, 0.1) is 12.6 Å². The van der Waals surface area contributed by atoms with E-state index in [0.29, 0.717) is 0 Å². The van der Waals surface area contributed by atoms with Crippen LogP contribution in [-0.2, 0) is 4.43 Å². The summed E-state index contributed by atoms with van der Waals surface area (Å²) in [5.41, 5.74) is 2.42. The van der Waals surface area contributed by atoms with Crippen molar-refractivity contribution in [1.82, 2.24) is 4.98 Å². The van der Waals surface area contributed by atoms with Gasteiger partial charge in [0.2, 0.25) is 0 Å². The largest absolute Gasteiger partial charge is 0.495 e. The predicted octanol–water partition coefficient (Wildman–Crippen LogP) is 3.11. The van der Waals surface area contributed by atoms with Gasteiger partial charge < -0.3 is 9.72 Å². The van der Waals surface area contributed by atoms with Crippen molar-refractivity contribution in [3.63, 3.8) is 0 Å². The highest BCUT2D eigenvalue weighted by Crippen LogP contribution is 2.27. The van der Waals surface area contributed by atoms with E-state index in [1.165, 1.54) is 10.9 Å². The first-order valence-electron chi connectivity index (χ1n) is 4.05. The Labute approximate surface area is 90.4 Å². The number of aromatic nitrogens is 1. The molecule has 0 atom stereocenters. The molecular formula is C10H10INO. The molecule has 68 valence electrons. The van der Waals surface area contributed by atoms with Crippen LogP contribution in [0.4, 0.5) is 0 Å². The fourth-order valence-electron chi connectivity index (χ4n) is 1.47. The van der Waals surface area contributed by atoms with Gasteiger partial charge >= 0.3 is 0 Å². The fraction of sp³-hybridized carbons (Fsp3) is 0.200. The van der Waals surface area contributed by atoms with Gasteiger partial charge in [0.1, 0.15) is 5.75 Å². The first kappa shape index (κ1) is 8.87. The minimum Gasteiger partial charge on any atom is -0.495 e. The number of fused-ring (bicyclic) bond motifs is 1. The quantitative estimate of drug-likeness (QED) is 0.666. The Morgan fingerprint density at radius 1 is 1.46 bits per heavy atom. The molecule has 1 aromatic heterocycles. The van der Waals surface area contributed by atoms with Crippen molar-refractivity contribution in [3.8, 4) is 5.75 Å². The second kappa shape index (κ2) is 3.57. The van der Waals surface area contributed by atoms with Gasteiger partial charge in [0.15, 0.2) is 0 Å². The van der Waals surface area contributed by atoms with E-state index in [1.54, 1.807) is 7.11 Å². The van der Waals surface area contributed by atoms with Gasteiger partial charge in [-0.1, -0.05) is 34.7 Å². The molecule has 0 saturated heterocycles. The summed E-state index contributed by atoms with van der Waals surface area (Å²) in [5, 5.41) is 1.26. The summed E-state index contributed by atoms with van der Waals surface area (Å²) < 4.78 is 6.27. The molecule has 2 nitrogen and oxygen atoms in total. The van der Waals surface area contributed by atoms with Gasteiger partial charge in [0.25, 0.3) is 0 Å². The molecule has 0 aliphatic heterocycles. The SMILES string of the molecule is COc1cccc2c(CI)c[nH]c12. The van der Waals surface area contributed by atoms with Gasteiger partial charge in [-0.3, -0.25) is 0 Å². The molecule has 1 N–H and O–H groups in total. The van der Waals surface area contributed by atoms with Crippen LogP contribution in [0.5, 0.6) is 5.75 Å². The molecule has 2 aromatic rings. The number of ether oxygens (including phenoxy) is 1. The molecule has 1 heterocycles. The minimum atomic E-state index is 0.911. The number of rotatable bonds is 2. The number of halogens is 1. The van der Waals surface area contributed by atoms with Crippen molar-refractivity contribution in [2.24, 2.45) is 0 Å². The number of nitrogens with one attached hydrogen (secondary N) is 1. The summed E-state index contributed by atoms with van der Waals surface area (Å²) in [4.78, 5) is 3.23. The molecule has 0 amide bonds. The lowest BCUT2D eigenvalue weighted by Crippen LogP contribution is -1.83. The van der Waals surface area contributed by atoms with Gasteiger partial charge in [-0.2, -0.15) is 0 Å². The molecule has 0 radical (unpaired) electrons. The van der Waals surface area contributed by atoms with E-state index in [9.17, 15) is 0 Å². The number of hydrogen-bond donors (Lipinski definition) is 1. The number of para-hydroxylation sites is 1. The molecule has 0 bridgehead atoms. The van der Waals surface area contributed by atoms with E-state index in [2.05, 4.69) is 33.6 Å².